The molecule has 2 aliphatic heterocycles. The normalized spacial score (nSPS) is 15.1. The Hall–Kier alpha value is -6.51. The van der Waals surface area contributed by atoms with Crippen molar-refractivity contribution < 1.29 is 56.8 Å². The van der Waals surface area contributed by atoms with Crippen LogP contribution < -0.4 is 10.3 Å². The van der Waals surface area contributed by atoms with Gasteiger partial charge in [-0.2, -0.15) is 5.10 Å². The van der Waals surface area contributed by atoms with E-state index < -0.39 is 23.8 Å². The number of fused-ring (bicyclic) bond motifs is 2. The molecule has 0 bridgehead atoms. The van der Waals surface area contributed by atoms with Gasteiger partial charge in [-0.15, -0.1) is 0 Å². The third-order valence-electron chi connectivity index (χ3n) is 10.7. The number of hydrogen-bond donors (Lipinski definition) is 0. The maximum Gasteiger partial charge on any atom is 0.266 e. The first-order valence-corrected chi connectivity index (χ1v) is 21.3. The Morgan fingerprint density at radius 2 is 1.46 bits per heavy atom. The first-order chi connectivity index (χ1) is 31.6. The van der Waals surface area contributed by atoms with Gasteiger partial charge in [-0.1, -0.05) is 18.2 Å². The molecule has 2 aromatic carbocycles. The highest BCUT2D eigenvalue weighted by molar-refractivity contribution is 6.24. The molecule has 2 aliphatic rings. The van der Waals surface area contributed by atoms with E-state index in [1.165, 1.54) is 24.0 Å². The summed E-state index contributed by atoms with van der Waals surface area (Å²) in [5.41, 5.74) is 3.66. The molecule has 65 heavy (non-hydrogen) atoms. The van der Waals surface area contributed by atoms with Crippen molar-refractivity contribution in [1.29, 1.82) is 0 Å². The van der Waals surface area contributed by atoms with Crippen LogP contribution in [0.4, 0.5) is 0 Å². The lowest BCUT2D eigenvalue weighted by Crippen LogP contribution is -2.54. The van der Waals surface area contributed by atoms with Gasteiger partial charge in [0.05, 0.1) is 76.8 Å². The smallest absolute Gasteiger partial charge is 0.266 e. The number of aryl methyl sites for hydroxylation is 2. The summed E-state index contributed by atoms with van der Waals surface area (Å²) in [6.45, 7) is 4.27. The topological polar surface area (TPSA) is 221 Å². The van der Waals surface area contributed by atoms with Crippen molar-refractivity contribution in [1.82, 2.24) is 29.5 Å². The van der Waals surface area contributed by atoms with E-state index in [9.17, 15) is 28.8 Å². The molecular weight excluding hydrogens is 845 g/mol. The van der Waals surface area contributed by atoms with E-state index in [4.69, 9.17) is 32.8 Å². The van der Waals surface area contributed by atoms with Crippen molar-refractivity contribution in [2.45, 2.75) is 38.1 Å². The molecular formula is C46H50N6O13. The summed E-state index contributed by atoms with van der Waals surface area (Å²) in [6, 6.07) is 15.7. The van der Waals surface area contributed by atoms with Crippen LogP contribution in [-0.4, -0.2) is 145 Å². The van der Waals surface area contributed by atoms with Gasteiger partial charge < -0.3 is 32.8 Å². The third-order valence-corrected chi connectivity index (χ3v) is 10.7. The van der Waals surface area contributed by atoms with E-state index in [1.54, 1.807) is 61.6 Å². The van der Waals surface area contributed by atoms with Crippen LogP contribution in [0.3, 0.4) is 0 Å². The molecule has 1 saturated heterocycles. The van der Waals surface area contributed by atoms with Crippen LogP contribution in [0.25, 0.3) is 22.7 Å². The standard InChI is InChI=1S/C46H50N6O13/c1-50-40(54)15-12-37(45(50)57)52-44(56)33-7-3-5-31(42(33)46(52)58)6-4-16-59-17-18-60-19-20-61-21-22-62-23-24-63-25-26-64-32-9-10-34(47-29-32)38(53)28-30-8-13-39-36(27-30)48-43(65-39)35-11-14-41(55)51(2)49-35/h3,5,7-11,13-14,27,29,37H,4,6,12,15-26,28H2,1-2H3. The average molecular weight is 895 g/mol. The summed E-state index contributed by atoms with van der Waals surface area (Å²) in [6.07, 6.45) is 2.98. The second-order valence-corrected chi connectivity index (χ2v) is 15.2. The molecule has 0 N–H and O–H groups in total. The number of carbonyl (C=O) groups excluding carboxylic acids is 5. The summed E-state index contributed by atoms with van der Waals surface area (Å²) in [7, 11) is 2.92. The number of pyridine rings is 1. The zero-order valence-electron chi connectivity index (χ0n) is 36.2. The number of ketones is 1. The number of ether oxygens (including phenoxy) is 6. The van der Waals surface area contributed by atoms with Gasteiger partial charge in [-0.25, -0.2) is 14.6 Å². The van der Waals surface area contributed by atoms with Gasteiger partial charge in [0.25, 0.3) is 23.3 Å². The van der Waals surface area contributed by atoms with Crippen LogP contribution in [0.1, 0.15) is 61.6 Å². The number of hydrogen-bond acceptors (Lipinski definition) is 16. The number of oxazole rings is 1. The molecule has 19 nitrogen and oxygen atoms in total. The largest absolute Gasteiger partial charge is 0.490 e. The van der Waals surface area contributed by atoms with Crippen molar-refractivity contribution >= 4 is 40.5 Å². The molecule has 1 fully saturated rings. The highest BCUT2D eigenvalue weighted by Crippen LogP contribution is 2.31. The number of likely N-dealkylation sites (N-methyl/N-ethyl adjacent to an activating group) is 1. The van der Waals surface area contributed by atoms with E-state index in [1.807, 2.05) is 0 Å². The number of nitrogens with zero attached hydrogens (tertiary/aromatic N) is 6. The van der Waals surface area contributed by atoms with Crippen LogP contribution in [0, 0.1) is 0 Å². The van der Waals surface area contributed by atoms with Gasteiger partial charge in [0, 0.05) is 39.6 Å². The third kappa shape index (κ3) is 11.8. The Morgan fingerprint density at radius 1 is 0.769 bits per heavy atom. The van der Waals surface area contributed by atoms with Crippen LogP contribution >= 0.6 is 0 Å². The number of likely N-dealkylation sites (tertiary alicyclic amines) is 1. The van der Waals surface area contributed by atoms with Crippen LogP contribution in [0.15, 0.2) is 76.1 Å². The lowest BCUT2D eigenvalue weighted by Gasteiger charge is -2.32. The number of piperidine rings is 1. The number of Topliss-reactive ketones (excluding diaryl/α,β-unsaturated/α-hetero) is 1. The Bertz CT molecular complexity index is 2560. The molecule has 342 valence electrons. The van der Waals surface area contributed by atoms with Gasteiger partial charge in [-0.3, -0.25) is 38.6 Å². The quantitative estimate of drug-likeness (QED) is 0.0466. The molecule has 5 heterocycles. The first-order valence-electron chi connectivity index (χ1n) is 21.3. The van der Waals surface area contributed by atoms with E-state index >= 15 is 0 Å². The number of rotatable bonds is 25. The van der Waals surface area contributed by atoms with Crippen molar-refractivity contribution in [3.63, 3.8) is 0 Å². The summed E-state index contributed by atoms with van der Waals surface area (Å²) in [5.74, 6) is -1.25. The Kier molecular flexibility index (Phi) is 16.0. The number of carbonyl (C=O) groups is 5. The van der Waals surface area contributed by atoms with E-state index in [-0.39, 0.29) is 48.0 Å². The number of aromatic nitrogens is 4. The average Bonchev–Trinajstić information content (AvgIpc) is 3.85. The van der Waals surface area contributed by atoms with Crippen molar-refractivity contribution in [2.75, 3.05) is 79.7 Å². The Balaban J connectivity index is 0.667. The van der Waals surface area contributed by atoms with Gasteiger partial charge in [0.15, 0.2) is 11.4 Å². The fraction of sp³-hybridized carbons (Fsp3) is 0.413. The van der Waals surface area contributed by atoms with Crippen molar-refractivity contribution in [2.24, 2.45) is 7.05 Å². The summed E-state index contributed by atoms with van der Waals surface area (Å²) < 4.78 is 40.6. The minimum absolute atomic E-state index is 0.0949. The van der Waals surface area contributed by atoms with Gasteiger partial charge >= 0.3 is 0 Å². The fourth-order valence-corrected chi connectivity index (χ4v) is 7.28. The number of benzene rings is 2. The zero-order chi connectivity index (χ0) is 45.7. The monoisotopic (exact) mass is 894 g/mol. The number of amides is 4. The summed E-state index contributed by atoms with van der Waals surface area (Å²) in [5, 5.41) is 4.17. The molecule has 4 amide bonds. The lowest BCUT2D eigenvalue weighted by molar-refractivity contribution is -0.149. The van der Waals surface area contributed by atoms with Gasteiger partial charge in [-0.05, 0) is 66.8 Å². The zero-order valence-corrected chi connectivity index (χ0v) is 36.2. The van der Waals surface area contributed by atoms with Crippen molar-refractivity contribution in [3.8, 4) is 17.3 Å². The molecule has 0 spiro atoms. The molecule has 19 heteroatoms. The minimum Gasteiger partial charge on any atom is -0.490 e. The summed E-state index contributed by atoms with van der Waals surface area (Å²) >= 11 is 0. The second-order valence-electron chi connectivity index (χ2n) is 15.2. The maximum absolute atomic E-state index is 13.3. The molecule has 5 aromatic rings. The molecule has 0 aliphatic carbocycles. The lowest BCUT2D eigenvalue weighted by atomic mass is 9.99. The molecule has 7 rings (SSSR count). The Labute approximate surface area is 373 Å². The highest BCUT2D eigenvalue weighted by atomic mass is 16.6. The maximum atomic E-state index is 13.3. The van der Waals surface area contributed by atoms with E-state index in [2.05, 4.69) is 15.1 Å². The number of imide groups is 2. The fourth-order valence-electron chi connectivity index (χ4n) is 7.28. The van der Waals surface area contributed by atoms with Crippen molar-refractivity contribution in [3.05, 3.63) is 105 Å². The SMILES string of the molecule is CN1C(=O)CCC(N2C(=O)c3cccc(CCCOCCOCCOCCOCCOCCOc4ccc(C(=O)Cc5ccc6oc(-c7ccc(=O)n(C)n7)nc6c5)nc4)c3C2=O)C1=O. The highest BCUT2D eigenvalue weighted by Gasteiger charge is 2.46. The second kappa shape index (κ2) is 22.4. The molecule has 0 radical (unpaired) electrons. The summed E-state index contributed by atoms with van der Waals surface area (Å²) in [4.78, 5) is 86.5. The van der Waals surface area contributed by atoms with Crippen LogP contribution in [0.2, 0.25) is 0 Å². The van der Waals surface area contributed by atoms with E-state index in [0.717, 1.165) is 20.9 Å². The minimum atomic E-state index is -0.982. The first kappa shape index (κ1) is 46.5. The van der Waals surface area contributed by atoms with Gasteiger partial charge in [0.1, 0.15) is 35.3 Å². The van der Waals surface area contributed by atoms with Crippen LogP contribution in [0.5, 0.6) is 5.75 Å². The molecule has 1 unspecified atom stereocenters. The predicted octanol–water partition coefficient (Wildman–Crippen LogP) is 3.25. The molecule has 1 atom stereocenters. The molecule has 0 saturated carbocycles. The molecule has 3 aromatic heterocycles. The van der Waals surface area contributed by atoms with Gasteiger partial charge in [0.2, 0.25) is 11.8 Å². The van der Waals surface area contributed by atoms with Crippen LogP contribution in [-0.2, 0) is 53.2 Å². The predicted molar refractivity (Wildman–Crippen MR) is 230 cm³/mol. The Morgan fingerprint density at radius 3 is 2.14 bits per heavy atom. The van der Waals surface area contributed by atoms with E-state index in [0.29, 0.717) is 119 Å².